The van der Waals surface area contributed by atoms with Gasteiger partial charge < -0.3 is 5.32 Å². The summed E-state index contributed by atoms with van der Waals surface area (Å²) >= 11 is 6.02. The van der Waals surface area contributed by atoms with Gasteiger partial charge in [0.05, 0.1) is 10.7 Å². The molecule has 0 saturated heterocycles. The summed E-state index contributed by atoms with van der Waals surface area (Å²) in [6.45, 7) is 6.23. The van der Waals surface area contributed by atoms with Crippen molar-refractivity contribution in [3.8, 4) is 0 Å². The van der Waals surface area contributed by atoms with E-state index in [-0.39, 0.29) is 11.9 Å². The smallest absolute Gasteiger partial charge is 0.124 e. The lowest BCUT2D eigenvalue weighted by atomic mass is 10.00. The summed E-state index contributed by atoms with van der Waals surface area (Å²) in [5.41, 5.74) is 4.44. The molecule has 2 aromatic rings. The normalized spacial score (nSPS) is 12.3. The van der Waals surface area contributed by atoms with Crippen LogP contribution in [0.5, 0.6) is 0 Å². The van der Waals surface area contributed by atoms with Gasteiger partial charge >= 0.3 is 0 Å². The second-order valence-corrected chi connectivity index (χ2v) is 5.26. The number of aryl methyl sites for hydroxylation is 2. The number of benzene rings is 2. The van der Waals surface area contributed by atoms with Crippen LogP contribution in [-0.2, 0) is 0 Å². The van der Waals surface area contributed by atoms with E-state index in [1.165, 1.54) is 28.8 Å². The van der Waals surface area contributed by atoms with Crippen LogP contribution in [0.3, 0.4) is 0 Å². The second-order valence-electron chi connectivity index (χ2n) is 4.85. The predicted octanol–water partition coefficient (Wildman–Crippen LogP) is 5.27. The number of hydrogen-bond acceptors (Lipinski definition) is 1. The summed E-state index contributed by atoms with van der Waals surface area (Å²) in [7, 11) is 0. The van der Waals surface area contributed by atoms with E-state index in [1.54, 1.807) is 6.07 Å². The fourth-order valence-electron chi connectivity index (χ4n) is 2.23. The molecule has 100 valence electrons. The third-order valence-corrected chi connectivity index (χ3v) is 3.51. The summed E-state index contributed by atoms with van der Waals surface area (Å²) in [6, 6.07) is 10.9. The second kappa shape index (κ2) is 5.62. The predicted molar refractivity (Wildman–Crippen MR) is 79.4 cm³/mol. The molecule has 0 aromatic heterocycles. The van der Waals surface area contributed by atoms with E-state index < -0.39 is 0 Å². The van der Waals surface area contributed by atoms with E-state index in [1.807, 2.05) is 0 Å². The Balaban J connectivity index is 2.23. The van der Waals surface area contributed by atoms with Gasteiger partial charge in [-0.3, -0.25) is 0 Å². The minimum atomic E-state index is -0.324. The van der Waals surface area contributed by atoms with Gasteiger partial charge in [-0.15, -0.1) is 0 Å². The Bertz CT molecular complexity index is 595. The Hall–Kier alpha value is -1.54. The fraction of sp³-hybridized carbons (Fsp3) is 0.250. The van der Waals surface area contributed by atoms with Gasteiger partial charge in [-0.1, -0.05) is 35.4 Å². The Kier molecular flexibility index (Phi) is 4.11. The third kappa shape index (κ3) is 3.27. The molecule has 2 rings (SSSR count). The van der Waals surface area contributed by atoms with Crippen molar-refractivity contribution < 1.29 is 4.39 Å². The van der Waals surface area contributed by atoms with Crippen LogP contribution in [0, 0.1) is 19.7 Å². The molecule has 0 heterocycles. The molecular weight excluding hydrogens is 261 g/mol. The van der Waals surface area contributed by atoms with Gasteiger partial charge in [0, 0.05) is 6.04 Å². The first-order chi connectivity index (χ1) is 8.97. The Morgan fingerprint density at radius 1 is 1.11 bits per heavy atom. The van der Waals surface area contributed by atoms with E-state index in [0.29, 0.717) is 5.02 Å². The molecule has 3 heteroatoms. The van der Waals surface area contributed by atoms with E-state index in [2.05, 4.69) is 44.3 Å². The summed E-state index contributed by atoms with van der Waals surface area (Å²) in [6.07, 6.45) is 0. The minimum absolute atomic E-state index is 0.114. The van der Waals surface area contributed by atoms with Gasteiger partial charge in [0.25, 0.3) is 0 Å². The Morgan fingerprint density at radius 3 is 2.47 bits per heavy atom. The number of rotatable bonds is 3. The number of halogens is 2. The third-order valence-electron chi connectivity index (χ3n) is 3.19. The zero-order valence-corrected chi connectivity index (χ0v) is 12.1. The summed E-state index contributed by atoms with van der Waals surface area (Å²) < 4.78 is 13.0. The molecule has 1 atom stereocenters. The largest absolute Gasteiger partial charge is 0.377 e. The highest BCUT2D eigenvalue weighted by Gasteiger charge is 2.10. The van der Waals surface area contributed by atoms with Crippen molar-refractivity contribution in [2.45, 2.75) is 26.8 Å². The lowest BCUT2D eigenvalue weighted by Crippen LogP contribution is -2.08. The van der Waals surface area contributed by atoms with Crippen LogP contribution in [-0.4, -0.2) is 0 Å². The molecule has 2 aromatic carbocycles. The molecule has 0 aliphatic heterocycles. The van der Waals surface area contributed by atoms with E-state index in [9.17, 15) is 4.39 Å². The van der Waals surface area contributed by atoms with Crippen molar-refractivity contribution in [2.75, 3.05) is 5.32 Å². The highest BCUT2D eigenvalue weighted by Crippen LogP contribution is 2.28. The lowest BCUT2D eigenvalue weighted by molar-refractivity contribution is 0.628. The molecule has 1 unspecified atom stereocenters. The van der Waals surface area contributed by atoms with Crippen LogP contribution < -0.4 is 5.32 Å². The number of anilines is 1. The highest BCUT2D eigenvalue weighted by atomic mass is 35.5. The van der Waals surface area contributed by atoms with Crippen LogP contribution in [0.25, 0.3) is 0 Å². The molecule has 0 saturated carbocycles. The average molecular weight is 278 g/mol. The van der Waals surface area contributed by atoms with Crippen LogP contribution >= 0.6 is 11.6 Å². The molecule has 1 nitrogen and oxygen atoms in total. The van der Waals surface area contributed by atoms with Crippen molar-refractivity contribution in [3.05, 3.63) is 63.9 Å². The minimum Gasteiger partial charge on any atom is -0.377 e. The van der Waals surface area contributed by atoms with Crippen molar-refractivity contribution in [1.29, 1.82) is 0 Å². The SMILES string of the molecule is Cc1ccc(C(C)Nc2ccc(F)cc2Cl)c(C)c1. The van der Waals surface area contributed by atoms with Gasteiger partial charge in [-0.2, -0.15) is 0 Å². The van der Waals surface area contributed by atoms with E-state index >= 15 is 0 Å². The topological polar surface area (TPSA) is 12.0 Å². The molecular formula is C16H17ClFN. The van der Waals surface area contributed by atoms with Crippen LogP contribution in [0.4, 0.5) is 10.1 Å². The summed E-state index contributed by atoms with van der Waals surface area (Å²) in [5.74, 6) is -0.324. The summed E-state index contributed by atoms with van der Waals surface area (Å²) in [5, 5.41) is 3.71. The molecule has 0 aliphatic carbocycles. The lowest BCUT2D eigenvalue weighted by Gasteiger charge is -2.19. The Morgan fingerprint density at radius 2 is 1.84 bits per heavy atom. The molecule has 0 bridgehead atoms. The summed E-state index contributed by atoms with van der Waals surface area (Å²) in [4.78, 5) is 0. The molecule has 0 aliphatic rings. The first kappa shape index (κ1) is 13.9. The monoisotopic (exact) mass is 277 g/mol. The first-order valence-electron chi connectivity index (χ1n) is 6.26. The maximum absolute atomic E-state index is 13.0. The van der Waals surface area contributed by atoms with Crippen molar-refractivity contribution in [3.63, 3.8) is 0 Å². The van der Waals surface area contributed by atoms with Gasteiger partial charge in [-0.05, 0) is 50.1 Å². The van der Waals surface area contributed by atoms with Gasteiger partial charge in [0.2, 0.25) is 0 Å². The van der Waals surface area contributed by atoms with Crippen LogP contribution in [0.2, 0.25) is 5.02 Å². The van der Waals surface area contributed by atoms with Gasteiger partial charge in [0.15, 0.2) is 0 Å². The molecule has 0 fully saturated rings. The molecule has 0 amide bonds. The van der Waals surface area contributed by atoms with Crippen molar-refractivity contribution in [2.24, 2.45) is 0 Å². The Labute approximate surface area is 118 Å². The van der Waals surface area contributed by atoms with Crippen LogP contribution in [0.1, 0.15) is 29.7 Å². The van der Waals surface area contributed by atoms with E-state index in [0.717, 1.165) is 5.69 Å². The number of nitrogens with one attached hydrogen (secondary N) is 1. The van der Waals surface area contributed by atoms with Crippen molar-refractivity contribution in [1.82, 2.24) is 0 Å². The number of hydrogen-bond donors (Lipinski definition) is 1. The molecule has 1 N–H and O–H groups in total. The maximum atomic E-state index is 13.0. The molecule has 19 heavy (non-hydrogen) atoms. The fourth-order valence-corrected chi connectivity index (χ4v) is 2.45. The molecule has 0 radical (unpaired) electrons. The standard InChI is InChI=1S/C16H17ClFN/c1-10-4-6-14(11(2)8-10)12(3)19-16-7-5-13(18)9-15(16)17/h4-9,12,19H,1-3H3. The van der Waals surface area contributed by atoms with Crippen molar-refractivity contribution >= 4 is 17.3 Å². The first-order valence-corrected chi connectivity index (χ1v) is 6.64. The highest BCUT2D eigenvalue weighted by molar-refractivity contribution is 6.33. The van der Waals surface area contributed by atoms with Gasteiger partial charge in [0.1, 0.15) is 5.82 Å². The van der Waals surface area contributed by atoms with Gasteiger partial charge in [-0.25, -0.2) is 4.39 Å². The quantitative estimate of drug-likeness (QED) is 0.806. The van der Waals surface area contributed by atoms with Crippen LogP contribution in [0.15, 0.2) is 36.4 Å². The molecule has 0 spiro atoms. The van der Waals surface area contributed by atoms with E-state index in [4.69, 9.17) is 11.6 Å². The zero-order valence-electron chi connectivity index (χ0n) is 11.3. The average Bonchev–Trinajstić information content (AvgIpc) is 2.32. The zero-order chi connectivity index (χ0) is 14.0. The maximum Gasteiger partial charge on any atom is 0.124 e.